The number of fused-ring (bicyclic) bond motifs is 2. The standard InChI is InChI=1S/C9H8.C8H6S/c1-2-5-9-7-3-6-8(9)4-1;1-2-4-8-7(3-1)5-6-9-8/h1-6H,7H2;1-6H. The van der Waals surface area contributed by atoms with Gasteiger partial charge in [-0.1, -0.05) is 54.6 Å². The van der Waals surface area contributed by atoms with Gasteiger partial charge in [-0.15, -0.1) is 11.3 Å². The second-order valence-corrected chi connectivity index (χ2v) is 5.21. The molecule has 0 amide bonds. The number of hydrogen-bond acceptors (Lipinski definition) is 1. The lowest BCUT2D eigenvalue weighted by Gasteiger charge is -1.93. The predicted molar refractivity (Wildman–Crippen MR) is 81.0 cm³/mol. The van der Waals surface area contributed by atoms with E-state index in [-0.39, 0.29) is 0 Å². The van der Waals surface area contributed by atoms with E-state index in [2.05, 4.69) is 72.1 Å². The van der Waals surface area contributed by atoms with Crippen LogP contribution in [0.5, 0.6) is 0 Å². The Hall–Kier alpha value is -1.86. The molecule has 1 aromatic heterocycles. The molecule has 4 rings (SSSR count). The zero-order valence-electron chi connectivity index (χ0n) is 10.0. The summed E-state index contributed by atoms with van der Waals surface area (Å²) < 4.78 is 1.37. The Kier molecular flexibility index (Phi) is 3.24. The Morgan fingerprint density at radius 1 is 0.833 bits per heavy atom. The van der Waals surface area contributed by atoms with Crippen LogP contribution in [0.3, 0.4) is 0 Å². The van der Waals surface area contributed by atoms with Gasteiger partial charge in [0.25, 0.3) is 0 Å². The highest BCUT2D eigenvalue weighted by atomic mass is 32.1. The van der Waals surface area contributed by atoms with Gasteiger partial charge in [-0.3, -0.25) is 0 Å². The summed E-state index contributed by atoms with van der Waals surface area (Å²) in [6, 6.07) is 19.0. The molecule has 1 aliphatic rings. The summed E-state index contributed by atoms with van der Waals surface area (Å²) in [5, 5.41) is 3.47. The van der Waals surface area contributed by atoms with Gasteiger partial charge in [-0.2, -0.15) is 0 Å². The molecule has 0 saturated carbocycles. The Morgan fingerprint density at radius 3 is 2.56 bits per heavy atom. The van der Waals surface area contributed by atoms with Crippen molar-refractivity contribution in [3.8, 4) is 0 Å². The van der Waals surface area contributed by atoms with Crippen molar-refractivity contribution in [2.75, 3.05) is 0 Å². The molecule has 0 unspecified atom stereocenters. The van der Waals surface area contributed by atoms with Crippen LogP contribution in [0.2, 0.25) is 0 Å². The van der Waals surface area contributed by atoms with Gasteiger partial charge in [-0.05, 0) is 40.4 Å². The van der Waals surface area contributed by atoms with E-state index in [1.54, 1.807) is 11.3 Å². The van der Waals surface area contributed by atoms with E-state index in [9.17, 15) is 0 Å². The molecule has 0 radical (unpaired) electrons. The molecule has 18 heavy (non-hydrogen) atoms. The van der Waals surface area contributed by atoms with Crippen LogP contribution in [0.1, 0.15) is 11.1 Å². The molecular weight excluding hydrogens is 236 g/mol. The fourth-order valence-corrected chi connectivity index (χ4v) is 2.89. The minimum Gasteiger partial charge on any atom is -0.144 e. The lowest BCUT2D eigenvalue weighted by atomic mass is 10.1. The fraction of sp³-hybridized carbons (Fsp3) is 0.0588. The molecule has 0 atom stereocenters. The van der Waals surface area contributed by atoms with Gasteiger partial charge in [0.05, 0.1) is 0 Å². The van der Waals surface area contributed by atoms with Crippen LogP contribution in [0, 0.1) is 0 Å². The van der Waals surface area contributed by atoms with Crippen molar-refractivity contribution in [1.82, 2.24) is 0 Å². The maximum Gasteiger partial charge on any atom is 0.0342 e. The summed E-state index contributed by atoms with van der Waals surface area (Å²) in [5.74, 6) is 0. The monoisotopic (exact) mass is 250 g/mol. The lowest BCUT2D eigenvalue weighted by Crippen LogP contribution is -1.76. The maximum atomic E-state index is 2.20. The third kappa shape index (κ3) is 2.36. The zero-order valence-corrected chi connectivity index (χ0v) is 10.9. The van der Waals surface area contributed by atoms with Crippen molar-refractivity contribution >= 4 is 27.5 Å². The number of benzene rings is 2. The highest BCUT2D eigenvalue weighted by Gasteiger charge is 2.00. The van der Waals surface area contributed by atoms with Crippen LogP contribution in [-0.2, 0) is 6.42 Å². The minimum atomic E-state index is 1.12. The molecule has 0 aliphatic heterocycles. The van der Waals surface area contributed by atoms with E-state index in [0.717, 1.165) is 6.42 Å². The summed E-state index contributed by atoms with van der Waals surface area (Å²) in [6.45, 7) is 0. The second-order valence-electron chi connectivity index (χ2n) is 4.26. The Morgan fingerprint density at radius 2 is 1.67 bits per heavy atom. The summed E-state index contributed by atoms with van der Waals surface area (Å²) in [6.07, 6.45) is 5.50. The zero-order chi connectivity index (χ0) is 12.2. The highest BCUT2D eigenvalue weighted by Crippen LogP contribution is 2.19. The third-order valence-corrected chi connectivity index (χ3v) is 3.95. The summed E-state index contributed by atoms with van der Waals surface area (Å²) >= 11 is 1.79. The quantitative estimate of drug-likeness (QED) is 0.517. The molecular formula is C17H14S. The second kappa shape index (κ2) is 5.19. The molecule has 1 aliphatic carbocycles. The van der Waals surface area contributed by atoms with Crippen molar-refractivity contribution in [1.29, 1.82) is 0 Å². The summed E-state index contributed by atoms with van der Waals surface area (Å²) in [5.41, 5.74) is 2.84. The average Bonchev–Trinajstić information content (AvgIpc) is 3.08. The third-order valence-electron chi connectivity index (χ3n) is 3.05. The number of thiophene rings is 1. The molecule has 0 nitrogen and oxygen atoms in total. The van der Waals surface area contributed by atoms with Crippen molar-refractivity contribution in [3.05, 3.63) is 77.2 Å². The van der Waals surface area contributed by atoms with Gasteiger partial charge in [0.2, 0.25) is 0 Å². The average molecular weight is 250 g/mol. The smallest absolute Gasteiger partial charge is 0.0342 e. The first-order valence-electron chi connectivity index (χ1n) is 6.10. The number of hydrogen-bond donors (Lipinski definition) is 0. The Bertz CT molecular complexity index is 646. The molecule has 3 aromatic rings. The van der Waals surface area contributed by atoms with Gasteiger partial charge < -0.3 is 0 Å². The van der Waals surface area contributed by atoms with Gasteiger partial charge in [0, 0.05) is 4.70 Å². The first-order chi connectivity index (χ1) is 8.93. The fourth-order valence-electron chi connectivity index (χ4n) is 2.10. The van der Waals surface area contributed by atoms with E-state index >= 15 is 0 Å². The van der Waals surface area contributed by atoms with E-state index < -0.39 is 0 Å². The van der Waals surface area contributed by atoms with E-state index in [1.807, 2.05) is 0 Å². The number of allylic oxidation sites excluding steroid dienone is 1. The lowest BCUT2D eigenvalue weighted by molar-refractivity contribution is 1.31. The van der Waals surface area contributed by atoms with Crippen molar-refractivity contribution < 1.29 is 0 Å². The molecule has 0 fully saturated rings. The van der Waals surface area contributed by atoms with E-state index in [1.165, 1.54) is 21.2 Å². The molecule has 0 N–H and O–H groups in total. The molecule has 0 bridgehead atoms. The first kappa shape index (κ1) is 11.2. The van der Waals surface area contributed by atoms with Crippen molar-refractivity contribution in [2.24, 2.45) is 0 Å². The summed E-state index contributed by atoms with van der Waals surface area (Å²) in [4.78, 5) is 0. The maximum absolute atomic E-state index is 2.20. The van der Waals surface area contributed by atoms with Crippen LogP contribution in [-0.4, -0.2) is 0 Å². The van der Waals surface area contributed by atoms with Crippen LogP contribution in [0.15, 0.2) is 66.1 Å². The van der Waals surface area contributed by atoms with E-state index in [0.29, 0.717) is 0 Å². The molecule has 88 valence electrons. The topological polar surface area (TPSA) is 0 Å². The summed E-state index contributed by atoms with van der Waals surface area (Å²) in [7, 11) is 0. The van der Waals surface area contributed by atoms with Crippen LogP contribution in [0.4, 0.5) is 0 Å². The van der Waals surface area contributed by atoms with Crippen LogP contribution in [0.25, 0.3) is 16.2 Å². The van der Waals surface area contributed by atoms with E-state index in [4.69, 9.17) is 0 Å². The molecule has 2 aromatic carbocycles. The predicted octanol–water partition coefficient (Wildman–Crippen LogP) is 5.16. The Labute approximate surface area is 111 Å². The van der Waals surface area contributed by atoms with Gasteiger partial charge >= 0.3 is 0 Å². The largest absolute Gasteiger partial charge is 0.144 e. The SMILES string of the molecule is C1=Cc2ccccc2C1.c1ccc2sccc2c1. The molecule has 0 spiro atoms. The van der Waals surface area contributed by atoms with Gasteiger partial charge in [0.1, 0.15) is 0 Å². The van der Waals surface area contributed by atoms with Crippen molar-refractivity contribution in [2.45, 2.75) is 6.42 Å². The van der Waals surface area contributed by atoms with Gasteiger partial charge in [-0.25, -0.2) is 0 Å². The highest BCUT2D eigenvalue weighted by molar-refractivity contribution is 7.17. The minimum absolute atomic E-state index is 1.12. The normalized spacial score (nSPS) is 12.0. The molecule has 0 saturated heterocycles. The van der Waals surface area contributed by atoms with Gasteiger partial charge in [0.15, 0.2) is 0 Å². The molecule has 1 heteroatoms. The Balaban J connectivity index is 0.000000111. The van der Waals surface area contributed by atoms with Crippen molar-refractivity contribution in [3.63, 3.8) is 0 Å². The number of rotatable bonds is 0. The van der Waals surface area contributed by atoms with Crippen LogP contribution >= 0.6 is 11.3 Å². The molecule has 1 heterocycles. The first-order valence-corrected chi connectivity index (χ1v) is 6.98. The van der Waals surface area contributed by atoms with Crippen LogP contribution < -0.4 is 0 Å².